The molecular formula is C28H31FN4O5. The number of fused-ring (bicyclic) bond motifs is 1. The van der Waals surface area contributed by atoms with Crippen molar-refractivity contribution in [1.82, 2.24) is 10.2 Å². The topological polar surface area (TPSA) is 132 Å². The van der Waals surface area contributed by atoms with Crippen LogP contribution in [0.2, 0.25) is 0 Å². The number of carbonyl (C=O) groups is 3. The summed E-state index contributed by atoms with van der Waals surface area (Å²) in [5.41, 5.74) is 4.34. The van der Waals surface area contributed by atoms with Gasteiger partial charge in [-0.2, -0.15) is 0 Å². The normalized spacial score (nSPS) is 15.3. The van der Waals surface area contributed by atoms with Crippen LogP contribution in [0.1, 0.15) is 50.6 Å². The lowest BCUT2D eigenvalue weighted by atomic mass is 9.97. The molecule has 38 heavy (non-hydrogen) atoms. The van der Waals surface area contributed by atoms with Crippen LogP contribution >= 0.6 is 0 Å². The second-order valence-electron chi connectivity index (χ2n) is 9.13. The Balaban J connectivity index is 1.80. The highest BCUT2D eigenvalue weighted by atomic mass is 19.1. The molecule has 0 bridgehead atoms. The second kappa shape index (κ2) is 12.4. The lowest BCUT2D eigenvalue weighted by Crippen LogP contribution is -2.35. The molecule has 0 radical (unpaired) electrons. The Bertz CT molecular complexity index is 1330. The summed E-state index contributed by atoms with van der Waals surface area (Å²) >= 11 is 0. The largest absolute Gasteiger partial charge is 0.480 e. The first-order chi connectivity index (χ1) is 18.0. The summed E-state index contributed by atoms with van der Waals surface area (Å²) in [6.45, 7) is 6.96. The number of carboxylic acids is 2. The van der Waals surface area contributed by atoms with Gasteiger partial charge in [0.25, 0.3) is 5.91 Å². The number of carbonyl (C=O) groups excluding carboxylic acids is 1. The van der Waals surface area contributed by atoms with Crippen molar-refractivity contribution in [3.05, 3.63) is 81.3 Å². The zero-order chi connectivity index (χ0) is 28.0. The second-order valence-corrected chi connectivity index (χ2v) is 9.13. The van der Waals surface area contributed by atoms with Crippen LogP contribution in [0.25, 0.3) is 0 Å². The highest BCUT2D eigenvalue weighted by molar-refractivity contribution is 6.43. The molecule has 3 rings (SSSR count). The van der Waals surface area contributed by atoms with E-state index in [2.05, 4.69) is 22.0 Å². The summed E-state index contributed by atoms with van der Waals surface area (Å²) in [5, 5.41) is 21.8. The Morgan fingerprint density at radius 2 is 1.92 bits per heavy atom. The monoisotopic (exact) mass is 522 g/mol. The summed E-state index contributed by atoms with van der Waals surface area (Å²) in [5.74, 6) is -2.83. The molecule has 0 spiro atoms. The molecule has 0 fully saturated rings. The number of aliphatic carboxylic acids is 1. The van der Waals surface area contributed by atoms with E-state index >= 15 is 0 Å². The van der Waals surface area contributed by atoms with Gasteiger partial charge in [0.15, 0.2) is 0 Å². The third-order valence-corrected chi connectivity index (χ3v) is 6.69. The summed E-state index contributed by atoms with van der Waals surface area (Å²) in [7, 11) is 1.46. The van der Waals surface area contributed by atoms with Crippen molar-refractivity contribution in [3.8, 4) is 0 Å². The van der Waals surface area contributed by atoms with Gasteiger partial charge in [-0.1, -0.05) is 18.2 Å². The molecule has 0 heterocycles. The number of hydrogen-bond donors (Lipinski definition) is 3. The Labute approximate surface area is 220 Å². The minimum Gasteiger partial charge on any atom is -0.480 e. The lowest BCUT2D eigenvalue weighted by Gasteiger charge is -2.28. The fourth-order valence-corrected chi connectivity index (χ4v) is 4.75. The minimum atomic E-state index is -1.03. The number of nitrogens with zero attached hydrogens (tertiary/aromatic N) is 3. The highest BCUT2D eigenvalue weighted by Crippen LogP contribution is 2.38. The van der Waals surface area contributed by atoms with Crippen molar-refractivity contribution in [3.63, 3.8) is 0 Å². The maximum absolute atomic E-state index is 13.5. The molecule has 0 saturated carbocycles. The van der Waals surface area contributed by atoms with E-state index in [0.717, 1.165) is 16.7 Å². The molecule has 1 aliphatic carbocycles. The van der Waals surface area contributed by atoms with Crippen molar-refractivity contribution < 1.29 is 29.0 Å². The highest BCUT2D eigenvalue weighted by Gasteiger charge is 2.32. The maximum atomic E-state index is 13.5. The molecule has 9 nitrogen and oxygen atoms in total. The van der Waals surface area contributed by atoms with Crippen LogP contribution in [0, 0.1) is 19.7 Å². The van der Waals surface area contributed by atoms with Crippen LogP contribution < -0.4 is 5.32 Å². The minimum absolute atomic E-state index is 0.0790. The fraction of sp³-hybridized carbons (Fsp3) is 0.321. The number of aryl methyl sites for hydroxylation is 1. The standard InChI is InChI=1S/C28H31FN4O5/c1-16-11-18(5-9-23(16)29)13-32-27(36)24(31-4)12-19(30-3)14-33(15-26(34)35)25-10-8-20-17(2)21(28(37)38)6-7-22(20)25/h5-7,9,11-12,25H,3,8,10,13-15H2,1-2,4H3,(H,32,36)(H,34,35)(H,37,38)/b19-12-,31-24?. The van der Waals surface area contributed by atoms with E-state index < -0.39 is 17.8 Å². The van der Waals surface area contributed by atoms with Gasteiger partial charge in [0.05, 0.1) is 17.8 Å². The van der Waals surface area contributed by atoms with Gasteiger partial charge in [0.2, 0.25) is 0 Å². The van der Waals surface area contributed by atoms with Gasteiger partial charge < -0.3 is 15.5 Å². The quantitative estimate of drug-likeness (QED) is 0.387. The van der Waals surface area contributed by atoms with E-state index in [9.17, 15) is 29.0 Å². The predicted octanol–water partition coefficient (Wildman–Crippen LogP) is 3.49. The predicted molar refractivity (Wildman–Crippen MR) is 142 cm³/mol. The maximum Gasteiger partial charge on any atom is 0.335 e. The molecule has 0 aliphatic heterocycles. The first-order valence-electron chi connectivity index (χ1n) is 12.0. The van der Waals surface area contributed by atoms with Crippen molar-refractivity contribution in [2.24, 2.45) is 9.98 Å². The summed E-state index contributed by atoms with van der Waals surface area (Å²) < 4.78 is 13.5. The number of benzene rings is 2. The molecule has 2 aromatic rings. The van der Waals surface area contributed by atoms with Crippen molar-refractivity contribution in [2.45, 2.75) is 39.3 Å². The number of halogens is 1. The van der Waals surface area contributed by atoms with Crippen LogP contribution in [0.5, 0.6) is 0 Å². The molecule has 10 heteroatoms. The van der Waals surface area contributed by atoms with E-state index in [1.54, 1.807) is 43.0 Å². The van der Waals surface area contributed by atoms with Gasteiger partial charge in [-0.05, 0) is 79.4 Å². The molecule has 1 amide bonds. The molecule has 1 atom stereocenters. The average molecular weight is 523 g/mol. The lowest BCUT2D eigenvalue weighted by molar-refractivity contribution is -0.138. The molecule has 2 aromatic carbocycles. The number of aromatic carboxylic acids is 1. The number of rotatable bonds is 11. The van der Waals surface area contributed by atoms with Gasteiger partial charge >= 0.3 is 11.9 Å². The molecule has 0 aromatic heterocycles. The Hall–Kier alpha value is -4.18. The van der Waals surface area contributed by atoms with E-state index in [1.165, 1.54) is 19.2 Å². The van der Waals surface area contributed by atoms with Crippen LogP contribution in [-0.4, -0.2) is 65.5 Å². The van der Waals surface area contributed by atoms with Gasteiger partial charge in [-0.25, -0.2) is 9.18 Å². The van der Waals surface area contributed by atoms with E-state index in [-0.39, 0.29) is 42.8 Å². The van der Waals surface area contributed by atoms with Crippen molar-refractivity contribution in [1.29, 1.82) is 0 Å². The average Bonchev–Trinajstić information content (AvgIpc) is 3.31. The third-order valence-electron chi connectivity index (χ3n) is 6.69. The van der Waals surface area contributed by atoms with Gasteiger partial charge in [0.1, 0.15) is 11.5 Å². The van der Waals surface area contributed by atoms with Crippen LogP contribution in [0.3, 0.4) is 0 Å². The first-order valence-corrected chi connectivity index (χ1v) is 12.0. The number of nitrogens with one attached hydrogen (secondary N) is 1. The van der Waals surface area contributed by atoms with Gasteiger partial charge in [-0.15, -0.1) is 0 Å². The van der Waals surface area contributed by atoms with Gasteiger partial charge in [0, 0.05) is 26.2 Å². The van der Waals surface area contributed by atoms with Crippen LogP contribution in [0.4, 0.5) is 4.39 Å². The molecule has 1 aliphatic rings. The molecule has 0 saturated heterocycles. The smallest absolute Gasteiger partial charge is 0.335 e. The SMILES string of the molecule is C=N/C(=C\C(=NC)C(=O)NCc1ccc(F)c(C)c1)CN(CC(=O)O)C1CCc2c1ccc(C(=O)O)c2C. The van der Waals surface area contributed by atoms with Crippen molar-refractivity contribution >= 4 is 30.3 Å². The van der Waals surface area contributed by atoms with Crippen LogP contribution in [0.15, 0.2) is 52.1 Å². The van der Waals surface area contributed by atoms with E-state index in [4.69, 9.17) is 0 Å². The summed E-state index contributed by atoms with van der Waals surface area (Å²) in [4.78, 5) is 45.8. The zero-order valence-electron chi connectivity index (χ0n) is 21.6. The third kappa shape index (κ3) is 6.57. The Kier molecular flexibility index (Phi) is 9.25. The number of carboxylic acid groups (broad SMARTS) is 2. The van der Waals surface area contributed by atoms with E-state index in [1.807, 2.05) is 0 Å². The summed E-state index contributed by atoms with van der Waals surface area (Å²) in [6.07, 6.45) is 2.70. The Morgan fingerprint density at radius 3 is 2.53 bits per heavy atom. The Morgan fingerprint density at radius 1 is 1.18 bits per heavy atom. The molecular weight excluding hydrogens is 491 g/mol. The molecule has 1 unspecified atom stereocenters. The molecule has 3 N–H and O–H groups in total. The van der Waals surface area contributed by atoms with Gasteiger partial charge in [-0.3, -0.25) is 24.5 Å². The fourth-order valence-electron chi connectivity index (χ4n) is 4.75. The van der Waals surface area contributed by atoms with E-state index in [0.29, 0.717) is 29.7 Å². The number of hydrogen-bond acceptors (Lipinski definition) is 6. The van der Waals surface area contributed by atoms with Crippen LogP contribution in [-0.2, 0) is 22.6 Å². The summed E-state index contributed by atoms with van der Waals surface area (Å²) in [6, 6.07) is 7.59. The first kappa shape index (κ1) is 28.4. The number of amides is 1. The zero-order valence-corrected chi connectivity index (χ0v) is 21.6. The van der Waals surface area contributed by atoms with Crippen molar-refractivity contribution in [2.75, 3.05) is 20.1 Å². The number of aliphatic imine (C=N–C) groups is 2. The molecule has 200 valence electrons.